The van der Waals surface area contributed by atoms with E-state index in [-0.39, 0.29) is 12.2 Å². The van der Waals surface area contributed by atoms with E-state index < -0.39 is 0 Å². The van der Waals surface area contributed by atoms with Gasteiger partial charge in [0.25, 0.3) is 0 Å². The molecule has 0 bridgehead atoms. The van der Waals surface area contributed by atoms with Gasteiger partial charge in [-0.15, -0.1) is 0 Å². The molecule has 76 valence electrons. The fourth-order valence-corrected chi connectivity index (χ4v) is 2.08. The van der Waals surface area contributed by atoms with Gasteiger partial charge < -0.3 is 9.84 Å². The molecule has 1 N–H and O–H groups in total. The maximum Gasteiger partial charge on any atom is 0.128 e. The molecule has 0 aliphatic carbocycles. The lowest BCUT2D eigenvalue weighted by molar-refractivity contribution is 0.134. The second-order valence-corrected chi connectivity index (χ2v) is 4.61. The Morgan fingerprint density at radius 2 is 2.14 bits per heavy atom. The standard InChI is InChI=1S/C12H16O2/c1-8-4-9-6-12(2,3)14-11(9)10(5-8)7-13/h4-5,13H,6-7H2,1-3H3. The van der Waals surface area contributed by atoms with E-state index in [1.54, 1.807) is 0 Å². The fourth-order valence-electron chi connectivity index (χ4n) is 2.08. The van der Waals surface area contributed by atoms with Crippen LogP contribution in [0.1, 0.15) is 30.5 Å². The molecule has 0 radical (unpaired) electrons. The molecular weight excluding hydrogens is 176 g/mol. The smallest absolute Gasteiger partial charge is 0.128 e. The summed E-state index contributed by atoms with van der Waals surface area (Å²) in [6, 6.07) is 4.13. The minimum absolute atomic E-state index is 0.0556. The Bertz CT molecular complexity index is 367. The summed E-state index contributed by atoms with van der Waals surface area (Å²) in [5, 5.41) is 9.22. The molecule has 1 aliphatic rings. The largest absolute Gasteiger partial charge is 0.487 e. The fraction of sp³-hybridized carbons (Fsp3) is 0.500. The van der Waals surface area contributed by atoms with Crippen LogP contribution in [0.2, 0.25) is 0 Å². The average molecular weight is 192 g/mol. The Kier molecular flexibility index (Phi) is 2.04. The normalized spacial score (nSPS) is 17.7. The van der Waals surface area contributed by atoms with Crippen molar-refractivity contribution in [3.05, 3.63) is 28.8 Å². The van der Waals surface area contributed by atoms with Crippen LogP contribution in [0.4, 0.5) is 0 Å². The Labute approximate surface area is 84.5 Å². The van der Waals surface area contributed by atoms with Gasteiger partial charge in [0, 0.05) is 12.0 Å². The SMILES string of the molecule is Cc1cc(CO)c2c(c1)CC(C)(C)O2. The number of aliphatic hydroxyl groups is 1. The van der Waals surface area contributed by atoms with E-state index in [0.29, 0.717) is 0 Å². The molecule has 2 heteroatoms. The average Bonchev–Trinajstić information content (AvgIpc) is 2.37. The van der Waals surface area contributed by atoms with Crippen molar-refractivity contribution in [1.82, 2.24) is 0 Å². The lowest BCUT2D eigenvalue weighted by atomic mass is 9.99. The number of hydrogen-bond acceptors (Lipinski definition) is 2. The zero-order valence-electron chi connectivity index (χ0n) is 8.92. The molecule has 1 aromatic carbocycles. The maximum absolute atomic E-state index is 9.22. The molecule has 1 aromatic rings. The van der Waals surface area contributed by atoms with Gasteiger partial charge in [0.1, 0.15) is 11.4 Å². The highest BCUT2D eigenvalue weighted by Crippen LogP contribution is 2.38. The third kappa shape index (κ3) is 1.50. The maximum atomic E-state index is 9.22. The van der Waals surface area contributed by atoms with Crippen molar-refractivity contribution in [2.75, 3.05) is 0 Å². The number of rotatable bonds is 1. The lowest BCUT2D eigenvalue weighted by Gasteiger charge is -2.17. The van der Waals surface area contributed by atoms with Gasteiger partial charge in [0.2, 0.25) is 0 Å². The summed E-state index contributed by atoms with van der Waals surface area (Å²) in [6.07, 6.45) is 0.928. The van der Waals surface area contributed by atoms with Crippen molar-refractivity contribution in [3.8, 4) is 5.75 Å². The third-order valence-electron chi connectivity index (χ3n) is 2.55. The minimum Gasteiger partial charge on any atom is -0.487 e. The molecule has 0 fully saturated rings. The minimum atomic E-state index is -0.125. The van der Waals surface area contributed by atoms with Crippen molar-refractivity contribution in [1.29, 1.82) is 0 Å². The Morgan fingerprint density at radius 1 is 1.43 bits per heavy atom. The highest BCUT2D eigenvalue weighted by molar-refractivity contribution is 5.47. The van der Waals surface area contributed by atoms with Crippen molar-refractivity contribution >= 4 is 0 Å². The quantitative estimate of drug-likeness (QED) is 0.739. The Hall–Kier alpha value is -1.02. The van der Waals surface area contributed by atoms with Gasteiger partial charge in [-0.3, -0.25) is 0 Å². The van der Waals surface area contributed by atoms with Crippen molar-refractivity contribution in [3.63, 3.8) is 0 Å². The number of hydrogen-bond donors (Lipinski definition) is 1. The second kappa shape index (κ2) is 2.99. The highest BCUT2D eigenvalue weighted by atomic mass is 16.5. The van der Waals surface area contributed by atoms with Crippen LogP contribution in [-0.4, -0.2) is 10.7 Å². The predicted molar refractivity (Wildman–Crippen MR) is 55.5 cm³/mol. The van der Waals surface area contributed by atoms with Crippen molar-refractivity contribution < 1.29 is 9.84 Å². The second-order valence-electron chi connectivity index (χ2n) is 4.61. The molecule has 0 saturated carbocycles. The molecule has 0 spiro atoms. The van der Waals surface area contributed by atoms with Crippen LogP contribution in [0.3, 0.4) is 0 Å². The summed E-state index contributed by atoms with van der Waals surface area (Å²) >= 11 is 0. The molecule has 0 amide bonds. The number of fused-ring (bicyclic) bond motifs is 1. The van der Waals surface area contributed by atoms with E-state index in [0.717, 1.165) is 17.7 Å². The van der Waals surface area contributed by atoms with Crippen LogP contribution < -0.4 is 4.74 Å². The summed E-state index contributed by atoms with van der Waals surface area (Å²) in [7, 11) is 0. The molecule has 2 nitrogen and oxygen atoms in total. The van der Waals surface area contributed by atoms with E-state index in [1.807, 2.05) is 13.0 Å². The van der Waals surface area contributed by atoms with E-state index >= 15 is 0 Å². The van der Waals surface area contributed by atoms with Crippen LogP contribution in [0, 0.1) is 6.92 Å². The summed E-state index contributed by atoms with van der Waals surface area (Å²) < 4.78 is 5.81. The van der Waals surface area contributed by atoms with Gasteiger partial charge in [0.05, 0.1) is 6.61 Å². The molecule has 0 atom stereocenters. The topological polar surface area (TPSA) is 29.5 Å². The Morgan fingerprint density at radius 3 is 2.79 bits per heavy atom. The van der Waals surface area contributed by atoms with E-state index in [9.17, 15) is 5.11 Å². The molecule has 1 heterocycles. The van der Waals surface area contributed by atoms with Crippen LogP contribution in [0.15, 0.2) is 12.1 Å². The van der Waals surface area contributed by atoms with Gasteiger partial charge in [0.15, 0.2) is 0 Å². The summed E-state index contributed by atoms with van der Waals surface area (Å²) in [4.78, 5) is 0. The number of aryl methyl sites for hydroxylation is 1. The van der Waals surface area contributed by atoms with Crippen LogP contribution in [0.5, 0.6) is 5.75 Å². The molecule has 1 aliphatic heterocycles. The summed E-state index contributed by atoms with van der Waals surface area (Å²) in [5.74, 6) is 0.892. The lowest BCUT2D eigenvalue weighted by Crippen LogP contribution is -2.24. The van der Waals surface area contributed by atoms with E-state index in [2.05, 4.69) is 19.9 Å². The first-order valence-corrected chi connectivity index (χ1v) is 4.94. The van der Waals surface area contributed by atoms with Gasteiger partial charge in [-0.1, -0.05) is 17.7 Å². The number of ether oxygens (including phenoxy) is 1. The van der Waals surface area contributed by atoms with Gasteiger partial charge in [-0.25, -0.2) is 0 Å². The number of benzene rings is 1. The predicted octanol–water partition coefficient (Wildman–Crippen LogP) is 2.20. The molecule has 0 saturated heterocycles. The molecule has 0 unspecified atom stereocenters. The molecule has 0 aromatic heterocycles. The van der Waals surface area contributed by atoms with Gasteiger partial charge in [-0.05, 0) is 26.3 Å². The van der Waals surface area contributed by atoms with E-state index in [1.165, 1.54) is 11.1 Å². The van der Waals surface area contributed by atoms with Crippen LogP contribution in [0.25, 0.3) is 0 Å². The first kappa shape index (κ1) is 9.53. The van der Waals surface area contributed by atoms with Crippen LogP contribution >= 0.6 is 0 Å². The molecule has 14 heavy (non-hydrogen) atoms. The van der Waals surface area contributed by atoms with Gasteiger partial charge in [-0.2, -0.15) is 0 Å². The zero-order chi connectivity index (χ0) is 10.3. The Balaban J connectivity index is 2.50. The zero-order valence-corrected chi connectivity index (χ0v) is 8.92. The number of aliphatic hydroxyl groups excluding tert-OH is 1. The first-order chi connectivity index (χ1) is 6.52. The van der Waals surface area contributed by atoms with E-state index in [4.69, 9.17) is 4.74 Å². The highest BCUT2D eigenvalue weighted by Gasteiger charge is 2.31. The van der Waals surface area contributed by atoms with Crippen molar-refractivity contribution in [2.24, 2.45) is 0 Å². The third-order valence-corrected chi connectivity index (χ3v) is 2.55. The van der Waals surface area contributed by atoms with Crippen LogP contribution in [-0.2, 0) is 13.0 Å². The monoisotopic (exact) mass is 192 g/mol. The summed E-state index contributed by atoms with van der Waals surface area (Å²) in [5.41, 5.74) is 3.19. The first-order valence-electron chi connectivity index (χ1n) is 4.94. The van der Waals surface area contributed by atoms with Gasteiger partial charge >= 0.3 is 0 Å². The van der Waals surface area contributed by atoms with Crippen molar-refractivity contribution in [2.45, 2.75) is 39.4 Å². The molecular formula is C12H16O2. The molecule has 2 rings (SSSR count). The summed E-state index contributed by atoms with van der Waals surface area (Å²) in [6.45, 7) is 6.25.